The molecule has 3 nitrogen and oxygen atoms in total. The van der Waals surface area contributed by atoms with Crippen molar-refractivity contribution in [3.63, 3.8) is 0 Å². The molecule has 2 rings (SSSR count). The molecule has 1 saturated carbocycles. The molecule has 1 aromatic rings. The van der Waals surface area contributed by atoms with Crippen LogP contribution in [-0.2, 0) is 15.6 Å². The third-order valence-electron chi connectivity index (χ3n) is 3.37. The monoisotopic (exact) mass is 285 g/mol. The van der Waals surface area contributed by atoms with E-state index in [1.165, 1.54) is 12.7 Å². The van der Waals surface area contributed by atoms with Crippen LogP contribution in [0.25, 0.3) is 0 Å². The molecule has 0 N–H and O–H groups in total. The van der Waals surface area contributed by atoms with Crippen LogP contribution in [0.4, 0.5) is 0 Å². The molecule has 0 spiro atoms. The lowest BCUT2D eigenvalue weighted by molar-refractivity contribution is 0.201. The Hall–Kier alpha value is -0.550. The van der Waals surface area contributed by atoms with Gasteiger partial charge in [-0.25, -0.2) is 8.42 Å². The van der Waals surface area contributed by atoms with E-state index in [-0.39, 0.29) is 5.41 Å². The summed E-state index contributed by atoms with van der Waals surface area (Å²) in [4.78, 5) is 4.28. The summed E-state index contributed by atoms with van der Waals surface area (Å²) in [5, 5.41) is 0. The zero-order chi connectivity index (χ0) is 13.1. The number of rotatable bonds is 6. The summed E-state index contributed by atoms with van der Waals surface area (Å²) >= 11 is 1.80. The van der Waals surface area contributed by atoms with Gasteiger partial charge in [-0.1, -0.05) is 12.5 Å². The SMILES string of the molecule is CS(=O)(=O)CC1(CSCc2ccccn2)CCC1. The fraction of sp³-hybridized carbons (Fsp3) is 0.615. The van der Waals surface area contributed by atoms with E-state index in [0.29, 0.717) is 5.75 Å². The van der Waals surface area contributed by atoms with Crippen LogP contribution in [0.5, 0.6) is 0 Å². The molecule has 18 heavy (non-hydrogen) atoms. The highest BCUT2D eigenvalue weighted by Crippen LogP contribution is 2.44. The highest BCUT2D eigenvalue weighted by Gasteiger charge is 2.39. The van der Waals surface area contributed by atoms with Crippen LogP contribution in [0.2, 0.25) is 0 Å². The maximum Gasteiger partial charge on any atom is 0.148 e. The molecule has 1 aromatic heterocycles. The Morgan fingerprint density at radius 1 is 1.39 bits per heavy atom. The average molecular weight is 285 g/mol. The highest BCUT2D eigenvalue weighted by atomic mass is 32.2. The molecule has 0 radical (unpaired) electrons. The van der Waals surface area contributed by atoms with E-state index >= 15 is 0 Å². The number of hydrogen-bond acceptors (Lipinski definition) is 4. The summed E-state index contributed by atoms with van der Waals surface area (Å²) in [5.41, 5.74) is 1.10. The van der Waals surface area contributed by atoms with Crippen molar-refractivity contribution in [1.82, 2.24) is 4.98 Å². The van der Waals surface area contributed by atoms with Crippen LogP contribution < -0.4 is 0 Å². The fourth-order valence-corrected chi connectivity index (χ4v) is 5.36. The van der Waals surface area contributed by atoms with Gasteiger partial charge in [-0.3, -0.25) is 4.98 Å². The van der Waals surface area contributed by atoms with E-state index in [2.05, 4.69) is 4.98 Å². The first kappa shape index (κ1) is 13.9. The first-order valence-electron chi connectivity index (χ1n) is 6.15. The first-order valence-corrected chi connectivity index (χ1v) is 9.36. The Labute approximate surface area is 113 Å². The van der Waals surface area contributed by atoms with E-state index < -0.39 is 9.84 Å². The molecule has 0 saturated heterocycles. The van der Waals surface area contributed by atoms with Crippen LogP contribution in [0, 0.1) is 5.41 Å². The van der Waals surface area contributed by atoms with Crippen molar-refractivity contribution in [3.05, 3.63) is 30.1 Å². The van der Waals surface area contributed by atoms with E-state index in [1.54, 1.807) is 18.0 Å². The second-order valence-electron chi connectivity index (χ2n) is 5.24. The number of sulfone groups is 1. The molecular formula is C13H19NO2S2. The lowest BCUT2D eigenvalue weighted by atomic mass is 9.72. The van der Waals surface area contributed by atoms with E-state index in [9.17, 15) is 8.42 Å². The van der Waals surface area contributed by atoms with Crippen molar-refractivity contribution in [3.8, 4) is 0 Å². The second kappa shape index (κ2) is 5.61. The van der Waals surface area contributed by atoms with Crippen LogP contribution in [0.3, 0.4) is 0 Å². The summed E-state index contributed by atoms with van der Waals surface area (Å²) in [6, 6.07) is 5.90. The predicted octanol–water partition coefficient (Wildman–Crippen LogP) is 2.53. The number of nitrogens with zero attached hydrogens (tertiary/aromatic N) is 1. The molecule has 0 aromatic carbocycles. The molecule has 0 bridgehead atoms. The molecule has 0 amide bonds. The van der Waals surface area contributed by atoms with Gasteiger partial charge in [0.05, 0.1) is 11.4 Å². The van der Waals surface area contributed by atoms with Crippen molar-refractivity contribution in [2.24, 2.45) is 5.41 Å². The molecule has 1 fully saturated rings. The van der Waals surface area contributed by atoms with Crippen molar-refractivity contribution < 1.29 is 8.42 Å². The van der Waals surface area contributed by atoms with Crippen LogP contribution in [0.15, 0.2) is 24.4 Å². The quantitative estimate of drug-likeness (QED) is 0.806. The van der Waals surface area contributed by atoms with Gasteiger partial charge in [-0.05, 0) is 30.4 Å². The zero-order valence-corrected chi connectivity index (χ0v) is 12.3. The average Bonchev–Trinajstić information content (AvgIpc) is 2.25. The highest BCUT2D eigenvalue weighted by molar-refractivity contribution is 7.98. The first-order chi connectivity index (χ1) is 8.49. The molecule has 1 heterocycles. The summed E-state index contributed by atoms with van der Waals surface area (Å²) in [6.07, 6.45) is 6.41. The zero-order valence-electron chi connectivity index (χ0n) is 10.6. The molecular weight excluding hydrogens is 266 g/mol. The van der Waals surface area contributed by atoms with E-state index in [0.717, 1.165) is 30.0 Å². The summed E-state index contributed by atoms with van der Waals surface area (Å²) in [7, 11) is -2.87. The fourth-order valence-electron chi connectivity index (χ4n) is 2.42. The molecule has 0 atom stereocenters. The summed E-state index contributed by atoms with van der Waals surface area (Å²) in [5.74, 6) is 2.14. The van der Waals surface area contributed by atoms with Gasteiger partial charge >= 0.3 is 0 Å². The number of pyridine rings is 1. The van der Waals surface area contributed by atoms with Gasteiger partial charge in [0, 0.05) is 24.0 Å². The minimum absolute atomic E-state index is 0.0348. The lowest BCUT2D eigenvalue weighted by Crippen LogP contribution is -2.38. The Morgan fingerprint density at radius 2 is 2.17 bits per heavy atom. The predicted molar refractivity (Wildman–Crippen MR) is 76.4 cm³/mol. The van der Waals surface area contributed by atoms with Crippen molar-refractivity contribution >= 4 is 21.6 Å². The number of thioether (sulfide) groups is 1. The normalized spacial score (nSPS) is 18.3. The maximum atomic E-state index is 11.5. The summed E-state index contributed by atoms with van der Waals surface area (Å²) < 4.78 is 22.9. The minimum atomic E-state index is -2.87. The Kier molecular flexibility index (Phi) is 4.33. The standard InChI is InChI=1S/C13H19NO2S2/c1-18(15,16)11-13(6-4-7-13)10-17-9-12-5-2-3-8-14-12/h2-3,5,8H,4,6-7,9-11H2,1H3. The molecule has 0 unspecified atom stereocenters. The topological polar surface area (TPSA) is 47.0 Å². The molecule has 1 aliphatic rings. The Bertz CT molecular complexity index is 481. The maximum absolute atomic E-state index is 11.5. The van der Waals surface area contributed by atoms with Crippen molar-refractivity contribution in [1.29, 1.82) is 0 Å². The van der Waals surface area contributed by atoms with Crippen LogP contribution in [-0.4, -0.2) is 31.2 Å². The smallest absolute Gasteiger partial charge is 0.148 e. The second-order valence-corrected chi connectivity index (χ2v) is 8.36. The van der Waals surface area contributed by atoms with Gasteiger partial charge in [0.1, 0.15) is 9.84 Å². The van der Waals surface area contributed by atoms with Gasteiger partial charge in [0.25, 0.3) is 0 Å². The summed E-state index contributed by atoms with van der Waals surface area (Å²) in [6.45, 7) is 0. The Morgan fingerprint density at radius 3 is 2.67 bits per heavy atom. The lowest BCUT2D eigenvalue weighted by Gasteiger charge is -2.41. The Balaban J connectivity index is 1.85. The third kappa shape index (κ3) is 3.99. The molecule has 1 aliphatic carbocycles. The largest absolute Gasteiger partial charge is 0.260 e. The van der Waals surface area contributed by atoms with Gasteiger partial charge < -0.3 is 0 Å². The van der Waals surface area contributed by atoms with Gasteiger partial charge in [-0.15, -0.1) is 0 Å². The van der Waals surface area contributed by atoms with Crippen molar-refractivity contribution in [2.45, 2.75) is 25.0 Å². The van der Waals surface area contributed by atoms with E-state index in [1.807, 2.05) is 18.2 Å². The molecule has 0 aliphatic heterocycles. The van der Waals surface area contributed by atoms with Crippen LogP contribution >= 0.6 is 11.8 Å². The van der Waals surface area contributed by atoms with Crippen molar-refractivity contribution in [2.75, 3.05) is 17.8 Å². The minimum Gasteiger partial charge on any atom is -0.260 e. The number of aromatic nitrogens is 1. The van der Waals surface area contributed by atoms with Gasteiger partial charge in [-0.2, -0.15) is 11.8 Å². The van der Waals surface area contributed by atoms with Gasteiger partial charge in [0.2, 0.25) is 0 Å². The molecule has 100 valence electrons. The van der Waals surface area contributed by atoms with Crippen LogP contribution in [0.1, 0.15) is 25.0 Å². The van der Waals surface area contributed by atoms with E-state index in [4.69, 9.17) is 0 Å². The number of hydrogen-bond donors (Lipinski definition) is 0. The molecule has 5 heteroatoms. The third-order valence-corrected chi connectivity index (χ3v) is 5.82. The van der Waals surface area contributed by atoms with Gasteiger partial charge in [0.15, 0.2) is 0 Å².